The number of hydrogen-bond donors (Lipinski definition) is 3. The van der Waals surface area contributed by atoms with Crippen LogP contribution in [0.3, 0.4) is 0 Å². The van der Waals surface area contributed by atoms with Crippen LogP contribution in [0.2, 0.25) is 0 Å². The molecule has 1 aromatic carbocycles. The van der Waals surface area contributed by atoms with Crippen molar-refractivity contribution in [3.8, 4) is 0 Å². The number of anilines is 1. The van der Waals surface area contributed by atoms with E-state index in [0.717, 1.165) is 47.6 Å². The van der Waals surface area contributed by atoms with E-state index in [2.05, 4.69) is 16.0 Å². The SMILES string of the molecule is CON(C)C(=O)C(=O)Nc1ccc(CNC(=O)NC23CC4CC(CC(C4)C2)C3)cc1. The number of nitrogens with one attached hydrogen (secondary N) is 3. The molecule has 0 unspecified atom stereocenters. The van der Waals surface area contributed by atoms with Crippen LogP contribution in [0.4, 0.5) is 10.5 Å². The number of carbonyl (C=O) groups excluding carboxylic acids is 3. The van der Waals surface area contributed by atoms with E-state index in [9.17, 15) is 14.4 Å². The zero-order valence-electron chi connectivity index (χ0n) is 17.6. The molecule has 5 rings (SSSR count). The maximum absolute atomic E-state index is 12.5. The highest BCUT2D eigenvalue weighted by molar-refractivity contribution is 6.39. The van der Waals surface area contributed by atoms with Crippen molar-refractivity contribution < 1.29 is 19.2 Å². The van der Waals surface area contributed by atoms with Crippen LogP contribution in [0.15, 0.2) is 24.3 Å². The fraction of sp³-hybridized carbons (Fsp3) is 0.591. The average molecular weight is 415 g/mol. The van der Waals surface area contributed by atoms with Crippen molar-refractivity contribution in [2.45, 2.75) is 50.6 Å². The predicted octanol–water partition coefficient (Wildman–Crippen LogP) is 2.41. The summed E-state index contributed by atoms with van der Waals surface area (Å²) in [7, 11) is 2.68. The van der Waals surface area contributed by atoms with Gasteiger partial charge in [0.25, 0.3) is 0 Å². The van der Waals surface area contributed by atoms with Crippen LogP contribution in [0.1, 0.15) is 44.1 Å². The predicted molar refractivity (Wildman–Crippen MR) is 111 cm³/mol. The van der Waals surface area contributed by atoms with Gasteiger partial charge in [-0.25, -0.2) is 9.86 Å². The van der Waals surface area contributed by atoms with Gasteiger partial charge in [-0.3, -0.25) is 14.4 Å². The molecule has 30 heavy (non-hydrogen) atoms. The minimum absolute atomic E-state index is 0.00509. The van der Waals surface area contributed by atoms with Gasteiger partial charge in [-0.2, -0.15) is 0 Å². The Labute approximate surface area is 176 Å². The van der Waals surface area contributed by atoms with E-state index in [1.165, 1.54) is 33.4 Å². The van der Waals surface area contributed by atoms with Gasteiger partial charge in [0.1, 0.15) is 0 Å². The first kappa shape index (κ1) is 20.7. The summed E-state index contributed by atoms with van der Waals surface area (Å²) >= 11 is 0. The maximum Gasteiger partial charge on any atom is 0.335 e. The molecule has 1 aromatic rings. The van der Waals surface area contributed by atoms with E-state index < -0.39 is 11.8 Å². The van der Waals surface area contributed by atoms with Gasteiger partial charge in [-0.15, -0.1) is 0 Å². The largest absolute Gasteiger partial charge is 0.335 e. The Morgan fingerprint density at radius 2 is 1.60 bits per heavy atom. The normalized spacial score (nSPS) is 28.7. The summed E-state index contributed by atoms with van der Waals surface area (Å²) in [6.07, 6.45) is 7.41. The van der Waals surface area contributed by atoms with Crippen LogP contribution in [0.5, 0.6) is 0 Å². The Hall–Kier alpha value is -2.61. The third kappa shape index (κ3) is 4.43. The van der Waals surface area contributed by atoms with Crippen molar-refractivity contribution in [2.75, 3.05) is 19.5 Å². The molecule has 3 N–H and O–H groups in total. The number of hydrogen-bond acceptors (Lipinski definition) is 4. The lowest BCUT2D eigenvalue weighted by Gasteiger charge is -2.56. The number of amides is 4. The minimum atomic E-state index is -0.787. The number of hydroxylamine groups is 2. The van der Waals surface area contributed by atoms with Crippen molar-refractivity contribution >= 4 is 23.5 Å². The van der Waals surface area contributed by atoms with Gasteiger partial charge in [0, 0.05) is 24.8 Å². The summed E-state index contributed by atoms with van der Waals surface area (Å²) in [6, 6.07) is 6.91. The van der Waals surface area contributed by atoms with Gasteiger partial charge in [0.05, 0.1) is 7.11 Å². The molecular weight excluding hydrogens is 384 g/mol. The van der Waals surface area contributed by atoms with Crippen molar-refractivity contribution in [2.24, 2.45) is 17.8 Å². The van der Waals surface area contributed by atoms with Gasteiger partial charge in [-0.05, 0) is 74.0 Å². The highest BCUT2D eigenvalue weighted by atomic mass is 16.7. The van der Waals surface area contributed by atoms with Crippen LogP contribution in [-0.4, -0.2) is 42.6 Å². The Bertz CT molecular complexity index is 788. The second-order valence-electron chi connectivity index (χ2n) is 9.14. The Kier molecular flexibility index (Phi) is 5.69. The second-order valence-corrected chi connectivity index (χ2v) is 9.14. The lowest BCUT2D eigenvalue weighted by Crippen LogP contribution is -2.61. The molecule has 162 valence electrons. The quantitative estimate of drug-likeness (QED) is 0.509. The highest BCUT2D eigenvalue weighted by Crippen LogP contribution is 2.55. The van der Waals surface area contributed by atoms with E-state index >= 15 is 0 Å². The lowest BCUT2D eigenvalue weighted by molar-refractivity contribution is -0.171. The zero-order chi connectivity index (χ0) is 21.3. The number of carbonyl (C=O) groups is 3. The fourth-order valence-corrected chi connectivity index (χ4v) is 5.85. The molecule has 8 heteroatoms. The van der Waals surface area contributed by atoms with E-state index in [1.54, 1.807) is 12.1 Å². The number of rotatable bonds is 5. The van der Waals surface area contributed by atoms with E-state index in [0.29, 0.717) is 12.2 Å². The van der Waals surface area contributed by atoms with Crippen LogP contribution in [0.25, 0.3) is 0 Å². The van der Waals surface area contributed by atoms with Crippen molar-refractivity contribution in [1.82, 2.24) is 15.7 Å². The first-order valence-electron chi connectivity index (χ1n) is 10.6. The number of nitrogens with zero attached hydrogens (tertiary/aromatic N) is 1. The monoisotopic (exact) mass is 414 g/mol. The molecule has 0 atom stereocenters. The summed E-state index contributed by atoms with van der Waals surface area (Å²) in [6.45, 7) is 0.401. The first-order chi connectivity index (χ1) is 14.4. The molecule has 0 aromatic heterocycles. The molecule has 0 saturated heterocycles. The highest BCUT2D eigenvalue weighted by Gasteiger charge is 2.51. The summed E-state index contributed by atoms with van der Waals surface area (Å²) in [4.78, 5) is 40.8. The van der Waals surface area contributed by atoms with Gasteiger partial charge in [0.15, 0.2) is 0 Å². The van der Waals surface area contributed by atoms with Gasteiger partial charge >= 0.3 is 17.8 Å². The topological polar surface area (TPSA) is 99.8 Å². The number of benzene rings is 1. The standard InChI is InChI=1S/C22H30N4O4/c1-26(30-2)20(28)19(27)24-18-5-3-14(4-6-18)13-23-21(29)25-22-10-15-7-16(11-22)9-17(8-15)12-22/h3-6,15-17H,7-13H2,1-2H3,(H,24,27)(H2,23,25,29). The van der Waals surface area contributed by atoms with E-state index in [4.69, 9.17) is 4.84 Å². The zero-order valence-corrected chi connectivity index (χ0v) is 17.6. The Balaban J connectivity index is 1.26. The molecule has 0 radical (unpaired) electrons. The first-order valence-corrected chi connectivity index (χ1v) is 10.6. The summed E-state index contributed by atoms with van der Waals surface area (Å²) in [5.74, 6) is 0.796. The molecule has 4 amide bonds. The maximum atomic E-state index is 12.5. The second kappa shape index (κ2) is 8.26. The number of likely N-dealkylation sites (N-methyl/N-ethyl adjacent to an activating group) is 1. The molecule has 8 nitrogen and oxygen atoms in total. The summed E-state index contributed by atoms with van der Waals surface area (Å²) < 4.78 is 0. The minimum Gasteiger partial charge on any atom is -0.334 e. The van der Waals surface area contributed by atoms with Gasteiger partial charge in [0.2, 0.25) is 0 Å². The van der Waals surface area contributed by atoms with Crippen molar-refractivity contribution in [3.63, 3.8) is 0 Å². The van der Waals surface area contributed by atoms with Crippen LogP contribution < -0.4 is 16.0 Å². The molecule has 4 fully saturated rings. The molecular formula is C22H30N4O4. The molecule has 4 bridgehead atoms. The van der Waals surface area contributed by atoms with Crippen molar-refractivity contribution in [1.29, 1.82) is 0 Å². The third-order valence-corrected chi connectivity index (χ3v) is 6.84. The molecule has 0 heterocycles. The number of urea groups is 1. The molecule has 0 spiro atoms. The summed E-state index contributed by atoms with van der Waals surface area (Å²) in [5, 5.41) is 9.64. The Morgan fingerprint density at radius 1 is 1.03 bits per heavy atom. The smallest absolute Gasteiger partial charge is 0.334 e. The van der Waals surface area contributed by atoms with Crippen LogP contribution >= 0.6 is 0 Å². The Morgan fingerprint density at radius 3 is 2.13 bits per heavy atom. The van der Waals surface area contributed by atoms with Gasteiger partial charge < -0.3 is 16.0 Å². The van der Waals surface area contributed by atoms with Crippen molar-refractivity contribution in [3.05, 3.63) is 29.8 Å². The van der Waals surface area contributed by atoms with E-state index in [1.807, 2.05) is 12.1 Å². The molecule has 4 aliphatic rings. The van der Waals surface area contributed by atoms with Crippen LogP contribution in [-0.2, 0) is 21.0 Å². The molecule has 4 saturated carbocycles. The average Bonchev–Trinajstić information content (AvgIpc) is 2.70. The van der Waals surface area contributed by atoms with Crippen LogP contribution in [0, 0.1) is 17.8 Å². The lowest BCUT2D eigenvalue weighted by atomic mass is 9.53. The van der Waals surface area contributed by atoms with Gasteiger partial charge in [-0.1, -0.05) is 12.1 Å². The molecule has 4 aliphatic carbocycles. The fourth-order valence-electron chi connectivity index (χ4n) is 5.85. The summed E-state index contributed by atoms with van der Waals surface area (Å²) in [5.41, 5.74) is 1.41. The van der Waals surface area contributed by atoms with E-state index in [-0.39, 0.29) is 11.6 Å². The molecule has 0 aliphatic heterocycles. The third-order valence-electron chi connectivity index (χ3n) is 6.84.